The van der Waals surface area contributed by atoms with Crippen LogP contribution in [0.3, 0.4) is 0 Å². The Kier molecular flexibility index (Phi) is 6.90. The van der Waals surface area contributed by atoms with Gasteiger partial charge in [0, 0.05) is 38.8 Å². The summed E-state index contributed by atoms with van der Waals surface area (Å²) >= 11 is 8.02. The Labute approximate surface area is 226 Å². The average Bonchev–Trinajstić information content (AvgIpc) is 3.28. The summed E-state index contributed by atoms with van der Waals surface area (Å²) in [6.45, 7) is 1.35. The number of aromatic nitrogens is 1. The van der Waals surface area contributed by atoms with E-state index in [9.17, 15) is 0 Å². The van der Waals surface area contributed by atoms with Crippen molar-refractivity contribution in [2.45, 2.75) is 23.8 Å². The Hall–Kier alpha value is -3.66. The van der Waals surface area contributed by atoms with E-state index in [-0.39, 0.29) is 0 Å². The third kappa shape index (κ3) is 5.53. The van der Waals surface area contributed by atoms with Gasteiger partial charge in [-0.2, -0.15) is 0 Å². The lowest BCUT2D eigenvalue weighted by molar-refractivity contribution is 0.306. The van der Waals surface area contributed by atoms with Crippen LogP contribution in [0.5, 0.6) is 5.75 Å². The lowest BCUT2D eigenvalue weighted by Crippen LogP contribution is -2.03. The summed E-state index contributed by atoms with van der Waals surface area (Å²) in [6.07, 6.45) is 0. The fourth-order valence-electron chi connectivity index (χ4n) is 4.63. The third-order valence-corrected chi connectivity index (χ3v) is 7.85. The Balaban J connectivity index is 1.29. The van der Waals surface area contributed by atoms with Crippen molar-refractivity contribution in [1.82, 2.24) is 4.57 Å². The molecule has 0 aliphatic carbocycles. The Morgan fingerprint density at radius 2 is 1.43 bits per heavy atom. The zero-order valence-corrected chi connectivity index (χ0v) is 21.9. The topological polar surface area (TPSA) is 14.2 Å². The minimum atomic E-state index is 0.558. The highest BCUT2D eigenvalue weighted by molar-refractivity contribution is 7.98. The molecule has 182 valence electrons. The number of hydrogen-bond acceptors (Lipinski definition) is 2. The molecule has 0 saturated heterocycles. The summed E-state index contributed by atoms with van der Waals surface area (Å²) in [7, 11) is 0. The normalized spacial score (nSPS) is 11.3. The highest BCUT2D eigenvalue weighted by Gasteiger charge is 2.12. The maximum Gasteiger partial charge on any atom is 0.120 e. The van der Waals surface area contributed by atoms with Crippen LogP contribution in [-0.2, 0) is 18.9 Å². The van der Waals surface area contributed by atoms with Crippen LogP contribution in [-0.4, -0.2) is 4.57 Å². The van der Waals surface area contributed by atoms with Crippen molar-refractivity contribution in [1.29, 1.82) is 0 Å². The maximum absolute atomic E-state index is 6.15. The lowest BCUT2D eigenvalue weighted by Gasteiger charge is -2.12. The predicted octanol–water partition coefficient (Wildman–Crippen LogP) is 9.37. The average molecular weight is 520 g/mol. The molecule has 0 aliphatic heterocycles. The highest BCUT2D eigenvalue weighted by Crippen LogP contribution is 2.32. The van der Waals surface area contributed by atoms with Gasteiger partial charge in [0.05, 0.1) is 0 Å². The monoisotopic (exact) mass is 519 g/mol. The fourth-order valence-corrected chi connectivity index (χ4v) is 5.68. The standard InChI is InChI=1S/C33H26ClNOS/c34-29-13-10-24(11-14-29)21-35-30(23-37-32-16-12-26-8-4-5-9-27(26)20-32)18-28-19-31(15-17-33(28)35)36-22-25-6-2-1-3-7-25/h1-20H,21-23H2. The molecule has 4 heteroatoms. The Morgan fingerprint density at radius 3 is 2.27 bits per heavy atom. The first-order chi connectivity index (χ1) is 18.2. The lowest BCUT2D eigenvalue weighted by atomic mass is 10.1. The molecule has 6 rings (SSSR count). The molecular formula is C33H26ClNOS. The van der Waals surface area contributed by atoms with Gasteiger partial charge < -0.3 is 9.30 Å². The number of benzene rings is 5. The minimum Gasteiger partial charge on any atom is -0.489 e. The number of thioether (sulfide) groups is 1. The van der Waals surface area contributed by atoms with E-state index in [2.05, 4.69) is 95.6 Å². The predicted molar refractivity (Wildman–Crippen MR) is 157 cm³/mol. The molecule has 6 aromatic rings. The van der Waals surface area contributed by atoms with E-state index in [1.165, 1.54) is 37.8 Å². The van der Waals surface area contributed by atoms with E-state index in [4.69, 9.17) is 16.3 Å². The summed E-state index contributed by atoms with van der Waals surface area (Å²) in [4.78, 5) is 1.27. The van der Waals surface area contributed by atoms with E-state index in [1.807, 2.05) is 42.1 Å². The van der Waals surface area contributed by atoms with Crippen molar-refractivity contribution in [2.24, 2.45) is 0 Å². The van der Waals surface area contributed by atoms with Gasteiger partial charge in [-0.1, -0.05) is 84.4 Å². The van der Waals surface area contributed by atoms with Crippen molar-refractivity contribution in [3.8, 4) is 5.75 Å². The molecule has 0 radical (unpaired) electrons. The van der Waals surface area contributed by atoms with E-state index >= 15 is 0 Å². The van der Waals surface area contributed by atoms with Gasteiger partial charge in [0.15, 0.2) is 0 Å². The first-order valence-corrected chi connectivity index (χ1v) is 13.7. The molecular weight excluding hydrogens is 494 g/mol. The molecule has 37 heavy (non-hydrogen) atoms. The summed E-state index contributed by atoms with van der Waals surface area (Å²) in [6, 6.07) is 42.3. The van der Waals surface area contributed by atoms with Crippen LogP contribution in [0, 0.1) is 0 Å². The molecule has 0 amide bonds. The largest absolute Gasteiger partial charge is 0.489 e. The number of halogens is 1. The zero-order valence-electron chi connectivity index (χ0n) is 20.3. The zero-order chi connectivity index (χ0) is 25.0. The molecule has 0 spiro atoms. The summed E-state index contributed by atoms with van der Waals surface area (Å²) in [5.41, 5.74) is 4.87. The molecule has 1 aromatic heterocycles. The molecule has 0 atom stereocenters. The molecule has 0 bridgehead atoms. The van der Waals surface area contributed by atoms with Crippen LogP contribution in [0.4, 0.5) is 0 Å². The molecule has 2 nitrogen and oxygen atoms in total. The highest BCUT2D eigenvalue weighted by atomic mass is 35.5. The number of ether oxygens (including phenoxy) is 1. The van der Waals surface area contributed by atoms with Crippen LogP contribution in [0.1, 0.15) is 16.8 Å². The molecule has 5 aromatic carbocycles. The second-order valence-corrected chi connectivity index (χ2v) is 10.6. The van der Waals surface area contributed by atoms with Crippen molar-refractivity contribution in [3.63, 3.8) is 0 Å². The van der Waals surface area contributed by atoms with E-state index in [0.717, 1.165) is 28.6 Å². The smallest absolute Gasteiger partial charge is 0.120 e. The van der Waals surface area contributed by atoms with Crippen LogP contribution in [0.25, 0.3) is 21.7 Å². The SMILES string of the molecule is Clc1ccc(Cn2c(CSc3ccc4ccccc4c3)cc3cc(OCc4ccccc4)ccc32)cc1. The van der Waals surface area contributed by atoms with Gasteiger partial charge >= 0.3 is 0 Å². The summed E-state index contributed by atoms with van der Waals surface area (Å²) < 4.78 is 8.53. The first-order valence-electron chi connectivity index (χ1n) is 12.4. The van der Waals surface area contributed by atoms with Gasteiger partial charge in [-0.15, -0.1) is 11.8 Å². The second kappa shape index (κ2) is 10.8. The third-order valence-electron chi connectivity index (χ3n) is 6.57. The molecule has 1 heterocycles. The van der Waals surface area contributed by atoms with Gasteiger partial charge in [-0.3, -0.25) is 0 Å². The maximum atomic E-state index is 6.15. The van der Waals surface area contributed by atoms with Gasteiger partial charge in [0.2, 0.25) is 0 Å². The van der Waals surface area contributed by atoms with Crippen molar-refractivity contribution in [2.75, 3.05) is 0 Å². The minimum absolute atomic E-state index is 0.558. The van der Waals surface area contributed by atoms with Crippen LogP contribution in [0.15, 0.2) is 126 Å². The molecule has 0 unspecified atom stereocenters. The van der Waals surface area contributed by atoms with E-state index < -0.39 is 0 Å². The van der Waals surface area contributed by atoms with Crippen LogP contribution >= 0.6 is 23.4 Å². The van der Waals surface area contributed by atoms with Crippen LogP contribution in [0.2, 0.25) is 5.02 Å². The van der Waals surface area contributed by atoms with Gasteiger partial charge in [0.1, 0.15) is 12.4 Å². The number of fused-ring (bicyclic) bond motifs is 2. The molecule has 0 saturated carbocycles. The van der Waals surface area contributed by atoms with Gasteiger partial charge in [-0.25, -0.2) is 0 Å². The van der Waals surface area contributed by atoms with Crippen molar-refractivity contribution >= 4 is 45.0 Å². The first kappa shape index (κ1) is 23.7. The summed E-state index contributed by atoms with van der Waals surface area (Å²) in [5, 5.41) is 4.49. The number of rotatable bonds is 8. The van der Waals surface area contributed by atoms with Crippen molar-refractivity contribution in [3.05, 3.63) is 143 Å². The van der Waals surface area contributed by atoms with Crippen LogP contribution < -0.4 is 4.74 Å². The molecule has 0 aliphatic rings. The number of nitrogens with zero attached hydrogens (tertiary/aromatic N) is 1. The second-order valence-electron chi connectivity index (χ2n) is 9.14. The number of hydrogen-bond donors (Lipinski definition) is 0. The van der Waals surface area contributed by atoms with Gasteiger partial charge in [0.25, 0.3) is 0 Å². The van der Waals surface area contributed by atoms with E-state index in [1.54, 1.807) is 0 Å². The fraction of sp³-hybridized carbons (Fsp3) is 0.0909. The quantitative estimate of drug-likeness (QED) is 0.186. The van der Waals surface area contributed by atoms with Crippen molar-refractivity contribution < 1.29 is 4.74 Å². The summed E-state index contributed by atoms with van der Waals surface area (Å²) in [5.74, 6) is 1.76. The van der Waals surface area contributed by atoms with Gasteiger partial charge in [-0.05, 0) is 70.4 Å². The molecule has 0 N–H and O–H groups in total. The Morgan fingerprint density at radius 1 is 0.649 bits per heavy atom. The Bertz CT molecular complexity index is 1660. The van der Waals surface area contributed by atoms with E-state index in [0.29, 0.717) is 6.61 Å². The molecule has 0 fully saturated rings.